The molecule has 124 valence electrons. The number of fused-ring (bicyclic) bond motifs is 1. The van der Waals surface area contributed by atoms with Gasteiger partial charge < -0.3 is 15.0 Å². The number of nitrogens with one attached hydrogen (secondary N) is 2. The molecule has 1 amide bonds. The van der Waals surface area contributed by atoms with Crippen LogP contribution in [0.1, 0.15) is 12.0 Å². The highest BCUT2D eigenvalue weighted by Gasteiger charge is 2.06. The molecule has 0 aliphatic heterocycles. The minimum absolute atomic E-state index is 0.0104. The Balaban J connectivity index is 1.42. The smallest absolute Gasteiger partial charge is 0.223 e. The lowest BCUT2D eigenvalue weighted by molar-refractivity contribution is -0.121. The van der Waals surface area contributed by atoms with Gasteiger partial charge in [-0.15, -0.1) is 0 Å². The van der Waals surface area contributed by atoms with Crippen LogP contribution < -0.4 is 10.1 Å². The third-order valence-corrected chi connectivity index (χ3v) is 4.02. The number of benzene rings is 2. The Labute approximate surface area is 145 Å². The number of aromatic nitrogens is 1. The molecule has 0 spiro atoms. The number of hydrogen-bond acceptors (Lipinski definition) is 2. The Morgan fingerprint density at radius 2 is 2.00 bits per heavy atom. The van der Waals surface area contributed by atoms with E-state index in [1.54, 1.807) is 0 Å². The molecule has 0 aliphatic rings. The van der Waals surface area contributed by atoms with Crippen LogP contribution in [0, 0.1) is 0 Å². The third-order valence-electron chi connectivity index (χ3n) is 3.79. The summed E-state index contributed by atoms with van der Waals surface area (Å²) in [5, 5.41) is 4.74. The molecule has 1 heterocycles. The number of aromatic amines is 1. The zero-order chi connectivity index (χ0) is 16.8. The lowest BCUT2D eigenvalue weighted by Gasteiger charge is -2.07. The van der Waals surface area contributed by atoms with Crippen molar-refractivity contribution in [1.82, 2.24) is 10.3 Å². The van der Waals surface area contributed by atoms with E-state index in [1.807, 2.05) is 54.7 Å². The molecule has 0 bridgehead atoms. The molecular formula is C19H19ClN2O2. The maximum absolute atomic E-state index is 11.9. The van der Waals surface area contributed by atoms with Crippen molar-refractivity contribution in [2.75, 3.05) is 13.2 Å². The Hall–Kier alpha value is -2.46. The summed E-state index contributed by atoms with van der Waals surface area (Å²) in [5.74, 6) is 0.768. The molecule has 0 aliphatic carbocycles. The van der Waals surface area contributed by atoms with Gasteiger partial charge in [-0.25, -0.2) is 0 Å². The SMILES string of the molecule is O=C(CCOc1ccccc1)NCCc1c[nH]c2ccc(Cl)cc12. The fourth-order valence-corrected chi connectivity index (χ4v) is 2.73. The number of carbonyl (C=O) groups excluding carboxylic acids is 1. The van der Waals surface area contributed by atoms with Gasteiger partial charge in [0.1, 0.15) is 5.75 Å². The van der Waals surface area contributed by atoms with Gasteiger partial charge in [-0.2, -0.15) is 0 Å². The van der Waals surface area contributed by atoms with Crippen LogP contribution in [0.3, 0.4) is 0 Å². The summed E-state index contributed by atoms with van der Waals surface area (Å²) < 4.78 is 5.52. The van der Waals surface area contributed by atoms with Crippen molar-refractivity contribution < 1.29 is 9.53 Å². The van der Waals surface area contributed by atoms with Crippen molar-refractivity contribution in [3.63, 3.8) is 0 Å². The Morgan fingerprint density at radius 1 is 1.17 bits per heavy atom. The maximum Gasteiger partial charge on any atom is 0.223 e. The lowest BCUT2D eigenvalue weighted by Crippen LogP contribution is -2.26. The van der Waals surface area contributed by atoms with Crippen molar-refractivity contribution in [2.45, 2.75) is 12.8 Å². The number of hydrogen-bond donors (Lipinski definition) is 2. The monoisotopic (exact) mass is 342 g/mol. The van der Waals surface area contributed by atoms with Crippen molar-refractivity contribution in [3.05, 3.63) is 65.3 Å². The van der Waals surface area contributed by atoms with Crippen LogP contribution in [0.15, 0.2) is 54.7 Å². The average Bonchev–Trinajstić information content (AvgIpc) is 2.98. The van der Waals surface area contributed by atoms with E-state index in [0.717, 1.165) is 28.6 Å². The molecule has 3 rings (SSSR count). The zero-order valence-corrected chi connectivity index (χ0v) is 14.0. The Kier molecular flexibility index (Phi) is 5.39. The van der Waals surface area contributed by atoms with E-state index in [0.29, 0.717) is 24.6 Å². The summed E-state index contributed by atoms with van der Waals surface area (Å²) in [7, 11) is 0. The van der Waals surface area contributed by atoms with Gasteiger partial charge in [0, 0.05) is 28.7 Å². The van der Waals surface area contributed by atoms with E-state index in [1.165, 1.54) is 0 Å². The van der Waals surface area contributed by atoms with Crippen molar-refractivity contribution in [1.29, 1.82) is 0 Å². The molecular weight excluding hydrogens is 324 g/mol. The van der Waals surface area contributed by atoms with Gasteiger partial charge in [0.15, 0.2) is 0 Å². The first-order valence-corrected chi connectivity index (χ1v) is 8.30. The highest BCUT2D eigenvalue weighted by molar-refractivity contribution is 6.31. The first kappa shape index (κ1) is 16.4. The van der Waals surface area contributed by atoms with Gasteiger partial charge in [0.2, 0.25) is 5.91 Å². The first-order valence-electron chi connectivity index (χ1n) is 7.92. The molecule has 5 heteroatoms. The van der Waals surface area contributed by atoms with Crippen LogP contribution in [-0.2, 0) is 11.2 Å². The molecule has 2 N–H and O–H groups in total. The van der Waals surface area contributed by atoms with Crippen molar-refractivity contribution in [3.8, 4) is 5.75 Å². The van der Waals surface area contributed by atoms with E-state index in [9.17, 15) is 4.79 Å². The summed E-state index contributed by atoms with van der Waals surface area (Å²) in [5.41, 5.74) is 2.20. The van der Waals surface area contributed by atoms with Gasteiger partial charge in [0.25, 0.3) is 0 Å². The quantitative estimate of drug-likeness (QED) is 0.683. The van der Waals surface area contributed by atoms with Crippen LogP contribution in [0.25, 0.3) is 10.9 Å². The van der Waals surface area contributed by atoms with Gasteiger partial charge in [0.05, 0.1) is 13.0 Å². The predicted octanol–water partition coefficient (Wildman–Crippen LogP) is 3.95. The van der Waals surface area contributed by atoms with Crippen LogP contribution in [0.5, 0.6) is 5.75 Å². The maximum atomic E-state index is 11.9. The fourth-order valence-electron chi connectivity index (χ4n) is 2.56. The second kappa shape index (κ2) is 7.88. The number of carbonyl (C=O) groups is 1. The van der Waals surface area contributed by atoms with Gasteiger partial charge >= 0.3 is 0 Å². The number of para-hydroxylation sites is 1. The van der Waals surface area contributed by atoms with E-state index in [-0.39, 0.29) is 5.91 Å². The number of halogens is 1. The van der Waals surface area contributed by atoms with Gasteiger partial charge in [-0.3, -0.25) is 4.79 Å². The topological polar surface area (TPSA) is 54.1 Å². The summed E-state index contributed by atoms with van der Waals surface area (Å²) in [6.45, 7) is 0.960. The normalized spacial score (nSPS) is 10.7. The molecule has 24 heavy (non-hydrogen) atoms. The van der Waals surface area contributed by atoms with Crippen LogP contribution in [-0.4, -0.2) is 24.0 Å². The van der Waals surface area contributed by atoms with Crippen LogP contribution >= 0.6 is 11.6 Å². The molecule has 0 saturated carbocycles. The third kappa shape index (κ3) is 4.30. The fraction of sp³-hybridized carbons (Fsp3) is 0.211. The number of ether oxygens (including phenoxy) is 1. The van der Waals surface area contributed by atoms with Gasteiger partial charge in [-0.05, 0) is 42.3 Å². The molecule has 4 nitrogen and oxygen atoms in total. The zero-order valence-electron chi connectivity index (χ0n) is 13.2. The van der Waals surface area contributed by atoms with Crippen LogP contribution in [0.2, 0.25) is 5.02 Å². The molecule has 1 aromatic heterocycles. The lowest BCUT2D eigenvalue weighted by atomic mass is 10.1. The molecule has 0 radical (unpaired) electrons. The minimum Gasteiger partial charge on any atom is -0.493 e. The molecule has 3 aromatic rings. The molecule has 0 unspecified atom stereocenters. The van der Waals surface area contributed by atoms with E-state index in [2.05, 4.69) is 10.3 Å². The summed E-state index contributed by atoms with van der Waals surface area (Å²) in [6.07, 6.45) is 3.06. The molecule has 0 saturated heterocycles. The number of H-pyrrole nitrogens is 1. The number of rotatable bonds is 7. The van der Waals surface area contributed by atoms with E-state index >= 15 is 0 Å². The molecule has 0 fully saturated rings. The van der Waals surface area contributed by atoms with Crippen molar-refractivity contribution in [2.24, 2.45) is 0 Å². The summed E-state index contributed by atoms with van der Waals surface area (Å²) >= 11 is 6.04. The summed E-state index contributed by atoms with van der Waals surface area (Å²) in [4.78, 5) is 15.1. The predicted molar refractivity (Wildman–Crippen MR) is 96.6 cm³/mol. The average molecular weight is 343 g/mol. The standard InChI is InChI=1S/C19H19ClN2O2/c20-15-6-7-18-17(12-15)14(13-22-18)8-10-21-19(23)9-11-24-16-4-2-1-3-5-16/h1-7,12-13,22H,8-11H2,(H,21,23). The second-order valence-electron chi connectivity index (χ2n) is 5.52. The Bertz CT molecular complexity index is 815. The van der Waals surface area contributed by atoms with E-state index < -0.39 is 0 Å². The van der Waals surface area contributed by atoms with Crippen LogP contribution in [0.4, 0.5) is 0 Å². The largest absolute Gasteiger partial charge is 0.493 e. The first-order chi connectivity index (χ1) is 11.7. The number of amides is 1. The molecule has 0 atom stereocenters. The minimum atomic E-state index is -0.0104. The van der Waals surface area contributed by atoms with Crippen molar-refractivity contribution >= 4 is 28.4 Å². The van der Waals surface area contributed by atoms with E-state index in [4.69, 9.17) is 16.3 Å². The second-order valence-corrected chi connectivity index (χ2v) is 5.95. The molecule has 2 aromatic carbocycles. The highest BCUT2D eigenvalue weighted by atomic mass is 35.5. The summed E-state index contributed by atoms with van der Waals surface area (Å²) in [6, 6.07) is 15.3. The van der Waals surface area contributed by atoms with Gasteiger partial charge in [-0.1, -0.05) is 29.8 Å². The Morgan fingerprint density at radius 3 is 2.83 bits per heavy atom. The highest BCUT2D eigenvalue weighted by Crippen LogP contribution is 2.22.